The van der Waals surface area contributed by atoms with Gasteiger partial charge in [0.15, 0.2) is 0 Å². The third-order valence-corrected chi connectivity index (χ3v) is 9.05. The van der Waals surface area contributed by atoms with Crippen LogP contribution in [0.5, 0.6) is 6.01 Å². The molecule has 2 aromatic carbocycles. The molecule has 216 valence electrons. The number of allylic oxidation sites excluding steroid dienone is 1. The van der Waals surface area contributed by atoms with Crippen LogP contribution in [0.3, 0.4) is 0 Å². The molecule has 1 aromatic heterocycles. The summed E-state index contributed by atoms with van der Waals surface area (Å²) in [5.74, 6) is 0.718. The van der Waals surface area contributed by atoms with Gasteiger partial charge in [0.1, 0.15) is 12.4 Å². The predicted molar refractivity (Wildman–Crippen MR) is 166 cm³/mol. The van der Waals surface area contributed by atoms with E-state index in [9.17, 15) is 10.1 Å². The molecular weight excluding hydrogens is 524 g/mol. The van der Waals surface area contributed by atoms with Crippen molar-refractivity contribution in [2.45, 2.75) is 51.1 Å². The molecule has 0 radical (unpaired) electrons. The Morgan fingerprint density at radius 2 is 1.98 bits per heavy atom. The zero-order valence-corrected chi connectivity index (χ0v) is 24.6. The predicted octanol–water partition coefficient (Wildman–Crippen LogP) is 5.01. The number of carbonyl (C=O) groups excluding carboxylic acids is 1. The number of hydrogen-bond acceptors (Lipinski definition) is 7. The summed E-state index contributed by atoms with van der Waals surface area (Å²) in [6.45, 7) is 9.11. The number of anilines is 1. The Balaban J connectivity index is 1.39. The van der Waals surface area contributed by atoms with E-state index in [2.05, 4.69) is 78.9 Å². The molecule has 3 aromatic rings. The summed E-state index contributed by atoms with van der Waals surface area (Å²) in [6.07, 6.45) is 7.76. The molecule has 2 unspecified atom stereocenters. The molecule has 8 nitrogen and oxygen atoms in total. The Labute approximate surface area is 247 Å². The molecule has 1 aliphatic carbocycles. The van der Waals surface area contributed by atoms with E-state index in [1.165, 1.54) is 40.0 Å². The standard InChI is InChI=1S/C34H38N6O2/c1-4-31(41)40-19-18-39(21-26(40)15-16-35)33-29-14-13-25(28-12-6-10-24-9-5-8-23(2)32(24)28)20-30(29)36-34(37-33)42-22-27-11-7-17-38(27)3/h4-6,8-10,12,20,26-27H,1,7,11,13-15,17-19,21-22H2,2-3H3. The summed E-state index contributed by atoms with van der Waals surface area (Å²) in [5.41, 5.74) is 5.76. The average Bonchev–Trinajstić information content (AvgIpc) is 3.43. The van der Waals surface area contributed by atoms with Crippen LogP contribution >= 0.6 is 0 Å². The number of amides is 1. The van der Waals surface area contributed by atoms with Gasteiger partial charge in [0.2, 0.25) is 5.91 Å². The van der Waals surface area contributed by atoms with Gasteiger partial charge in [-0.1, -0.05) is 43.0 Å². The largest absolute Gasteiger partial charge is 0.462 e. The van der Waals surface area contributed by atoms with E-state index in [-0.39, 0.29) is 18.4 Å². The van der Waals surface area contributed by atoms with Crippen LogP contribution in [-0.4, -0.2) is 77.6 Å². The number of benzene rings is 2. The minimum atomic E-state index is -0.232. The normalized spacial score (nSPS) is 20.6. The first kappa shape index (κ1) is 27.9. The zero-order chi connectivity index (χ0) is 29.2. The number of rotatable bonds is 7. The van der Waals surface area contributed by atoms with Gasteiger partial charge in [-0.05, 0) is 85.8 Å². The van der Waals surface area contributed by atoms with Crippen molar-refractivity contribution in [1.29, 1.82) is 5.26 Å². The van der Waals surface area contributed by atoms with Crippen LogP contribution in [0.4, 0.5) is 5.82 Å². The first-order valence-electron chi connectivity index (χ1n) is 14.9. The van der Waals surface area contributed by atoms with Crippen molar-refractivity contribution in [3.05, 3.63) is 71.4 Å². The SMILES string of the molecule is C=CC(=O)N1CCN(c2nc(OCC3CCCN3C)nc3c2CCC(c2cccc4cccc(C)c24)=C3)CC1CC#N. The lowest BCUT2D eigenvalue weighted by Crippen LogP contribution is -2.55. The van der Waals surface area contributed by atoms with E-state index in [4.69, 9.17) is 14.7 Å². The number of piperazine rings is 1. The fourth-order valence-corrected chi connectivity index (χ4v) is 6.75. The molecule has 2 fully saturated rings. The molecule has 2 aliphatic heterocycles. The van der Waals surface area contributed by atoms with E-state index < -0.39 is 0 Å². The highest BCUT2D eigenvalue weighted by Crippen LogP contribution is 2.38. The molecule has 2 atom stereocenters. The van der Waals surface area contributed by atoms with Gasteiger partial charge in [-0.3, -0.25) is 4.79 Å². The Morgan fingerprint density at radius 3 is 2.74 bits per heavy atom. The molecule has 6 rings (SSSR count). The fraction of sp³-hybridized carbons (Fsp3) is 0.412. The van der Waals surface area contributed by atoms with Gasteiger partial charge in [-0.2, -0.15) is 15.2 Å². The Kier molecular flexibility index (Phi) is 7.94. The fourth-order valence-electron chi connectivity index (χ4n) is 6.75. The first-order valence-corrected chi connectivity index (χ1v) is 14.9. The summed E-state index contributed by atoms with van der Waals surface area (Å²) < 4.78 is 6.29. The summed E-state index contributed by atoms with van der Waals surface area (Å²) in [4.78, 5) is 28.8. The first-order chi connectivity index (χ1) is 20.5. The van der Waals surface area contributed by atoms with Gasteiger partial charge >= 0.3 is 6.01 Å². The van der Waals surface area contributed by atoms with Crippen molar-refractivity contribution >= 4 is 34.1 Å². The zero-order valence-electron chi connectivity index (χ0n) is 24.6. The number of likely N-dealkylation sites (tertiary alicyclic amines) is 1. The van der Waals surface area contributed by atoms with Crippen LogP contribution in [0, 0.1) is 18.3 Å². The van der Waals surface area contributed by atoms with Gasteiger partial charge in [0, 0.05) is 31.2 Å². The summed E-state index contributed by atoms with van der Waals surface area (Å²) in [6, 6.07) is 15.7. The van der Waals surface area contributed by atoms with Crippen LogP contribution in [0.25, 0.3) is 22.4 Å². The highest BCUT2D eigenvalue weighted by atomic mass is 16.5. The molecule has 3 aliphatic rings. The minimum Gasteiger partial charge on any atom is -0.462 e. The maximum atomic E-state index is 12.5. The summed E-state index contributed by atoms with van der Waals surface area (Å²) in [7, 11) is 2.14. The molecule has 8 heteroatoms. The van der Waals surface area contributed by atoms with Crippen LogP contribution < -0.4 is 9.64 Å². The number of fused-ring (bicyclic) bond motifs is 2. The molecule has 3 heterocycles. The van der Waals surface area contributed by atoms with Crippen molar-refractivity contribution < 1.29 is 9.53 Å². The summed E-state index contributed by atoms with van der Waals surface area (Å²) in [5, 5.41) is 12.0. The molecule has 1 amide bonds. The number of aryl methyl sites for hydroxylation is 1. The van der Waals surface area contributed by atoms with Crippen molar-refractivity contribution in [3.63, 3.8) is 0 Å². The number of hydrogen-bond donors (Lipinski definition) is 0. The lowest BCUT2D eigenvalue weighted by atomic mass is 9.87. The second-order valence-corrected chi connectivity index (χ2v) is 11.6. The van der Waals surface area contributed by atoms with E-state index in [1.54, 1.807) is 4.90 Å². The van der Waals surface area contributed by atoms with E-state index >= 15 is 0 Å². The topological polar surface area (TPSA) is 85.6 Å². The molecule has 0 spiro atoms. The average molecular weight is 563 g/mol. The third kappa shape index (κ3) is 5.37. The smallest absolute Gasteiger partial charge is 0.318 e. The van der Waals surface area contributed by atoms with Crippen LogP contribution in [0.1, 0.15) is 48.1 Å². The molecular formula is C34H38N6O2. The molecule has 42 heavy (non-hydrogen) atoms. The maximum Gasteiger partial charge on any atom is 0.318 e. The van der Waals surface area contributed by atoms with Crippen molar-refractivity contribution in [2.75, 3.05) is 44.7 Å². The number of ether oxygens (including phenoxy) is 1. The number of carbonyl (C=O) groups is 1. The number of aromatic nitrogens is 2. The van der Waals surface area contributed by atoms with Gasteiger partial charge in [-0.15, -0.1) is 0 Å². The quantitative estimate of drug-likeness (QED) is 0.374. The number of nitrogens with zero attached hydrogens (tertiary/aromatic N) is 6. The number of likely N-dealkylation sites (N-methyl/N-ethyl adjacent to an activating group) is 1. The van der Waals surface area contributed by atoms with Gasteiger partial charge in [0.05, 0.1) is 24.2 Å². The van der Waals surface area contributed by atoms with Crippen molar-refractivity contribution in [2.24, 2.45) is 0 Å². The second-order valence-electron chi connectivity index (χ2n) is 11.6. The van der Waals surface area contributed by atoms with Crippen LogP contribution in [0.2, 0.25) is 0 Å². The molecule has 0 N–H and O–H groups in total. The van der Waals surface area contributed by atoms with E-state index in [1.807, 2.05) is 0 Å². The Hall–Kier alpha value is -4.22. The second kappa shape index (κ2) is 11.9. The third-order valence-electron chi connectivity index (χ3n) is 9.05. The minimum absolute atomic E-state index is 0.137. The highest BCUT2D eigenvalue weighted by molar-refractivity contribution is 6.00. The highest BCUT2D eigenvalue weighted by Gasteiger charge is 2.33. The number of nitriles is 1. The van der Waals surface area contributed by atoms with E-state index in [0.717, 1.165) is 42.9 Å². The van der Waals surface area contributed by atoms with Crippen LogP contribution in [0.15, 0.2) is 49.1 Å². The monoisotopic (exact) mass is 562 g/mol. The molecule has 0 saturated carbocycles. The molecule has 0 bridgehead atoms. The maximum absolute atomic E-state index is 12.5. The Bertz CT molecular complexity index is 1590. The Morgan fingerprint density at radius 1 is 1.14 bits per heavy atom. The molecule has 2 saturated heterocycles. The van der Waals surface area contributed by atoms with Crippen molar-refractivity contribution in [3.8, 4) is 12.1 Å². The van der Waals surface area contributed by atoms with Crippen LogP contribution in [-0.2, 0) is 11.2 Å². The van der Waals surface area contributed by atoms with Gasteiger partial charge < -0.3 is 19.4 Å². The summed E-state index contributed by atoms with van der Waals surface area (Å²) >= 11 is 0. The lowest BCUT2D eigenvalue weighted by molar-refractivity contribution is -0.128. The lowest BCUT2D eigenvalue weighted by Gasteiger charge is -2.41. The van der Waals surface area contributed by atoms with E-state index in [0.29, 0.717) is 38.3 Å². The van der Waals surface area contributed by atoms with Gasteiger partial charge in [-0.25, -0.2) is 0 Å². The van der Waals surface area contributed by atoms with Crippen molar-refractivity contribution in [1.82, 2.24) is 19.8 Å². The van der Waals surface area contributed by atoms with Gasteiger partial charge in [0.25, 0.3) is 0 Å².